The Morgan fingerprint density at radius 1 is 1.04 bits per heavy atom. The van der Waals surface area contributed by atoms with Crippen molar-refractivity contribution in [3.63, 3.8) is 0 Å². The first-order valence-electron chi connectivity index (χ1n) is 8.45. The van der Waals surface area contributed by atoms with Gasteiger partial charge in [-0.2, -0.15) is 0 Å². The Labute approximate surface area is 151 Å². The largest absolute Gasteiger partial charge is 0.488 e. The maximum atomic E-state index is 12.4. The molecule has 0 radical (unpaired) electrons. The van der Waals surface area contributed by atoms with Gasteiger partial charge in [0.1, 0.15) is 12.4 Å². The van der Waals surface area contributed by atoms with E-state index >= 15 is 0 Å². The lowest BCUT2D eigenvalue weighted by Gasteiger charge is -2.13. The minimum absolute atomic E-state index is 0.0589. The number of nitrogens with zero attached hydrogens (tertiary/aromatic N) is 1. The highest BCUT2D eigenvalue weighted by Gasteiger charge is 2.10. The maximum Gasteiger partial charge on any atom is 0.191 e. The standard InChI is InChI=1S/C22H18N2O2/c1-15-7-8-17(22(11-15)26-14-16-5-3-2-4-6-16)20-12-21(25)18-13-23-10-9-19(18)24-20/h2-13H,14H2,1H3,(H,24,25). The zero-order chi connectivity index (χ0) is 17.9. The molecule has 4 rings (SSSR count). The first-order valence-corrected chi connectivity index (χ1v) is 8.45. The summed E-state index contributed by atoms with van der Waals surface area (Å²) in [7, 11) is 0. The lowest BCUT2D eigenvalue weighted by Crippen LogP contribution is -2.04. The summed E-state index contributed by atoms with van der Waals surface area (Å²) >= 11 is 0. The Morgan fingerprint density at radius 2 is 1.88 bits per heavy atom. The highest BCUT2D eigenvalue weighted by molar-refractivity contribution is 5.81. The van der Waals surface area contributed by atoms with Gasteiger partial charge in [0.15, 0.2) is 5.43 Å². The Kier molecular flexibility index (Phi) is 4.23. The van der Waals surface area contributed by atoms with E-state index in [9.17, 15) is 4.79 Å². The van der Waals surface area contributed by atoms with Crippen LogP contribution in [0, 0.1) is 6.92 Å². The number of aromatic amines is 1. The molecular formula is C22H18N2O2. The van der Waals surface area contributed by atoms with Crippen molar-refractivity contribution in [2.24, 2.45) is 0 Å². The first kappa shape index (κ1) is 16.1. The number of hydrogen-bond acceptors (Lipinski definition) is 3. The molecule has 0 aliphatic carbocycles. The third-order valence-corrected chi connectivity index (χ3v) is 4.30. The fourth-order valence-corrected chi connectivity index (χ4v) is 2.94. The van der Waals surface area contributed by atoms with Crippen LogP contribution < -0.4 is 10.2 Å². The summed E-state index contributed by atoms with van der Waals surface area (Å²) in [4.78, 5) is 19.8. The summed E-state index contributed by atoms with van der Waals surface area (Å²) in [6.07, 6.45) is 3.25. The van der Waals surface area contributed by atoms with Gasteiger partial charge in [-0.3, -0.25) is 9.78 Å². The average Bonchev–Trinajstić information content (AvgIpc) is 2.67. The van der Waals surface area contributed by atoms with Crippen LogP contribution >= 0.6 is 0 Å². The minimum Gasteiger partial charge on any atom is -0.488 e. The molecule has 2 aromatic heterocycles. The van der Waals surface area contributed by atoms with Crippen LogP contribution in [0.25, 0.3) is 22.2 Å². The summed E-state index contributed by atoms with van der Waals surface area (Å²) in [6, 6.07) is 19.4. The Bertz CT molecular complexity index is 1120. The fraction of sp³-hybridized carbons (Fsp3) is 0.0909. The van der Waals surface area contributed by atoms with Crippen LogP contribution in [0.4, 0.5) is 0 Å². The van der Waals surface area contributed by atoms with Gasteiger partial charge in [0.25, 0.3) is 0 Å². The second-order valence-corrected chi connectivity index (χ2v) is 6.24. The molecule has 0 aliphatic heterocycles. The highest BCUT2D eigenvalue weighted by atomic mass is 16.5. The van der Waals surface area contributed by atoms with Crippen LogP contribution in [0.5, 0.6) is 5.75 Å². The SMILES string of the molecule is Cc1ccc(-c2cc(=O)c3cnccc3[nH]2)c(OCc2ccccc2)c1. The number of rotatable bonds is 4. The number of nitrogens with one attached hydrogen (secondary N) is 1. The molecule has 0 saturated heterocycles. The van der Waals surface area contributed by atoms with E-state index in [0.717, 1.165) is 33.7 Å². The van der Waals surface area contributed by atoms with Gasteiger partial charge >= 0.3 is 0 Å². The molecule has 2 aromatic carbocycles. The summed E-state index contributed by atoms with van der Waals surface area (Å²) in [5, 5.41) is 0.579. The van der Waals surface area contributed by atoms with Crippen molar-refractivity contribution >= 4 is 10.9 Å². The number of fused-ring (bicyclic) bond motifs is 1. The minimum atomic E-state index is -0.0589. The van der Waals surface area contributed by atoms with E-state index in [-0.39, 0.29) is 5.43 Å². The van der Waals surface area contributed by atoms with E-state index < -0.39 is 0 Å². The number of hydrogen-bond donors (Lipinski definition) is 1. The van der Waals surface area contributed by atoms with Crippen LogP contribution in [0.2, 0.25) is 0 Å². The molecule has 0 spiro atoms. The zero-order valence-electron chi connectivity index (χ0n) is 14.4. The molecular weight excluding hydrogens is 324 g/mol. The summed E-state index contributed by atoms with van der Waals surface area (Å²) in [5.41, 5.74) is 4.50. The fourth-order valence-electron chi connectivity index (χ4n) is 2.94. The predicted molar refractivity (Wildman–Crippen MR) is 103 cm³/mol. The number of ether oxygens (including phenoxy) is 1. The number of H-pyrrole nitrogens is 1. The van der Waals surface area contributed by atoms with E-state index in [1.807, 2.05) is 55.5 Å². The summed E-state index contributed by atoms with van der Waals surface area (Å²) < 4.78 is 6.08. The maximum absolute atomic E-state index is 12.4. The molecule has 4 aromatic rings. The predicted octanol–water partition coefficient (Wildman–Crippen LogP) is 4.48. The van der Waals surface area contributed by atoms with Crippen LogP contribution in [-0.2, 0) is 6.61 Å². The topological polar surface area (TPSA) is 55.0 Å². The average molecular weight is 342 g/mol. The highest BCUT2D eigenvalue weighted by Crippen LogP contribution is 2.30. The smallest absolute Gasteiger partial charge is 0.191 e. The van der Waals surface area contributed by atoms with Crippen molar-refractivity contribution < 1.29 is 4.74 Å². The monoisotopic (exact) mass is 342 g/mol. The summed E-state index contributed by atoms with van der Waals surface area (Å²) in [6.45, 7) is 2.49. The number of aryl methyl sites for hydroxylation is 1. The molecule has 0 unspecified atom stereocenters. The second-order valence-electron chi connectivity index (χ2n) is 6.24. The number of benzene rings is 2. The van der Waals surface area contributed by atoms with Gasteiger partial charge in [-0.1, -0.05) is 36.4 Å². The van der Waals surface area contributed by atoms with Crippen LogP contribution in [0.3, 0.4) is 0 Å². The van der Waals surface area contributed by atoms with Crippen molar-refractivity contribution in [2.45, 2.75) is 13.5 Å². The third kappa shape index (κ3) is 3.22. The molecule has 128 valence electrons. The molecule has 0 amide bonds. The van der Waals surface area contributed by atoms with Crippen molar-refractivity contribution in [3.05, 3.63) is 94.4 Å². The first-order chi connectivity index (χ1) is 12.7. The van der Waals surface area contributed by atoms with Gasteiger partial charge < -0.3 is 9.72 Å². The quantitative estimate of drug-likeness (QED) is 0.595. The second kappa shape index (κ2) is 6.84. The van der Waals surface area contributed by atoms with Crippen molar-refractivity contribution in [1.29, 1.82) is 0 Å². The Morgan fingerprint density at radius 3 is 2.73 bits per heavy atom. The zero-order valence-corrected chi connectivity index (χ0v) is 14.4. The Balaban J connectivity index is 1.76. The van der Waals surface area contributed by atoms with Crippen molar-refractivity contribution in [1.82, 2.24) is 9.97 Å². The van der Waals surface area contributed by atoms with Gasteiger partial charge in [0, 0.05) is 24.0 Å². The molecule has 0 bridgehead atoms. The van der Waals surface area contributed by atoms with Gasteiger partial charge in [-0.05, 0) is 36.2 Å². The van der Waals surface area contributed by atoms with Crippen LogP contribution in [0.1, 0.15) is 11.1 Å². The molecule has 4 nitrogen and oxygen atoms in total. The van der Waals surface area contributed by atoms with Gasteiger partial charge in [-0.15, -0.1) is 0 Å². The van der Waals surface area contributed by atoms with Crippen molar-refractivity contribution in [3.8, 4) is 17.0 Å². The van der Waals surface area contributed by atoms with Crippen LogP contribution in [-0.4, -0.2) is 9.97 Å². The molecule has 4 heteroatoms. The lowest BCUT2D eigenvalue weighted by atomic mass is 10.1. The summed E-state index contributed by atoms with van der Waals surface area (Å²) in [5.74, 6) is 0.748. The molecule has 26 heavy (non-hydrogen) atoms. The van der Waals surface area contributed by atoms with Crippen LogP contribution in [0.15, 0.2) is 77.9 Å². The number of aromatic nitrogens is 2. The van der Waals surface area contributed by atoms with E-state index in [1.54, 1.807) is 24.5 Å². The van der Waals surface area contributed by atoms with E-state index in [0.29, 0.717) is 12.0 Å². The molecule has 2 heterocycles. The molecule has 0 atom stereocenters. The normalized spacial score (nSPS) is 10.8. The molecule has 0 saturated carbocycles. The van der Waals surface area contributed by atoms with Gasteiger partial charge in [0.05, 0.1) is 16.6 Å². The Hall–Kier alpha value is -3.40. The molecule has 0 fully saturated rings. The van der Waals surface area contributed by atoms with Gasteiger partial charge in [0.2, 0.25) is 0 Å². The lowest BCUT2D eigenvalue weighted by molar-refractivity contribution is 0.307. The van der Waals surface area contributed by atoms with Gasteiger partial charge in [-0.25, -0.2) is 0 Å². The van der Waals surface area contributed by atoms with Crippen molar-refractivity contribution in [2.75, 3.05) is 0 Å². The van der Waals surface area contributed by atoms with E-state index in [2.05, 4.69) is 9.97 Å². The third-order valence-electron chi connectivity index (χ3n) is 4.30. The number of pyridine rings is 2. The molecule has 0 aliphatic rings. The van der Waals surface area contributed by atoms with E-state index in [4.69, 9.17) is 4.74 Å². The van der Waals surface area contributed by atoms with E-state index in [1.165, 1.54) is 0 Å². The molecule has 1 N–H and O–H groups in total.